The van der Waals surface area contributed by atoms with E-state index in [9.17, 15) is 9.18 Å². The average Bonchev–Trinajstić information content (AvgIpc) is 2.38. The first-order valence-corrected chi connectivity index (χ1v) is 5.19. The third-order valence-electron chi connectivity index (χ3n) is 2.26. The Bertz CT molecular complexity index is 497. The van der Waals surface area contributed by atoms with Gasteiger partial charge in [-0.3, -0.25) is 9.78 Å². The molecule has 86 valence electrons. The monoisotopic (exact) mass is 230 g/mol. The van der Waals surface area contributed by atoms with Crippen LogP contribution in [0, 0.1) is 5.82 Å². The van der Waals surface area contributed by atoms with E-state index in [1.807, 2.05) is 18.2 Å². The Balaban J connectivity index is 1.96. The number of hydrogen-bond acceptors (Lipinski definition) is 2. The van der Waals surface area contributed by atoms with E-state index in [4.69, 9.17) is 0 Å². The molecule has 0 saturated carbocycles. The van der Waals surface area contributed by atoms with E-state index in [1.54, 1.807) is 6.20 Å². The third kappa shape index (κ3) is 3.11. The van der Waals surface area contributed by atoms with Crippen LogP contribution in [-0.2, 0) is 6.54 Å². The highest BCUT2D eigenvalue weighted by Crippen LogP contribution is 2.03. The minimum absolute atomic E-state index is 0.240. The molecular formula is C13H11FN2O. The van der Waals surface area contributed by atoms with Crippen LogP contribution in [0.4, 0.5) is 4.39 Å². The van der Waals surface area contributed by atoms with Gasteiger partial charge in [-0.2, -0.15) is 0 Å². The molecule has 4 heteroatoms. The Kier molecular flexibility index (Phi) is 3.45. The molecule has 0 aliphatic rings. The number of carbonyl (C=O) groups excluding carboxylic acids is 1. The number of nitrogens with one attached hydrogen (secondary N) is 1. The fraction of sp³-hybridized carbons (Fsp3) is 0.0769. The molecule has 0 bridgehead atoms. The maximum absolute atomic E-state index is 12.7. The number of carbonyl (C=O) groups is 1. The molecule has 2 rings (SSSR count). The lowest BCUT2D eigenvalue weighted by Crippen LogP contribution is -2.23. The molecule has 1 heterocycles. The Labute approximate surface area is 98.3 Å². The Morgan fingerprint density at radius 1 is 1.18 bits per heavy atom. The molecule has 1 N–H and O–H groups in total. The molecule has 0 unspecified atom stereocenters. The first-order chi connectivity index (χ1) is 8.25. The second-order valence-corrected chi connectivity index (χ2v) is 3.51. The smallest absolute Gasteiger partial charge is 0.251 e. The molecular weight excluding hydrogens is 219 g/mol. The van der Waals surface area contributed by atoms with Gasteiger partial charge < -0.3 is 5.32 Å². The zero-order valence-electron chi connectivity index (χ0n) is 9.06. The van der Waals surface area contributed by atoms with Gasteiger partial charge in [-0.1, -0.05) is 6.07 Å². The van der Waals surface area contributed by atoms with Gasteiger partial charge in [0.2, 0.25) is 0 Å². The molecule has 1 aromatic carbocycles. The summed E-state index contributed by atoms with van der Waals surface area (Å²) in [6, 6.07) is 10.9. The van der Waals surface area contributed by atoms with Gasteiger partial charge in [0.15, 0.2) is 0 Å². The second-order valence-electron chi connectivity index (χ2n) is 3.51. The normalized spacial score (nSPS) is 9.94. The second kappa shape index (κ2) is 5.21. The van der Waals surface area contributed by atoms with Gasteiger partial charge in [-0.15, -0.1) is 0 Å². The van der Waals surface area contributed by atoms with E-state index in [-0.39, 0.29) is 11.7 Å². The fourth-order valence-corrected chi connectivity index (χ4v) is 1.38. The highest BCUT2D eigenvalue weighted by molar-refractivity contribution is 5.94. The lowest BCUT2D eigenvalue weighted by molar-refractivity contribution is 0.0950. The van der Waals surface area contributed by atoms with E-state index in [2.05, 4.69) is 10.3 Å². The largest absolute Gasteiger partial charge is 0.346 e. The molecule has 0 spiro atoms. The zero-order chi connectivity index (χ0) is 12.1. The topological polar surface area (TPSA) is 42.0 Å². The van der Waals surface area contributed by atoms with Gasteiger partial charge in [0.25, 0.3) is 5.91 Å². The van der Waals surface area contributed by atoms with Gasteiger partial charge >= 0.3 is 0 Å². The predicted octanol–water partition coefficient (Wildman–Crippen LogP) is 2.15. The van der Waals surface area contributed by atoms with Gasteiger partial charge in [0.05, 0.1) is 12.2 Å². The number of amides is 1. The van der Waals surface area contributed by atoms with E-state index in [0.29, 0.717) is 12.1 Å². The van der Waals surface area contributed by atoms with Crippen molar-refractivity contribution in [1.29, 1.82) is 0 Å². The lowest BCUT2D eigenvalue weighted by Gasteiger charge is -2.04. The van der Waals surface area contributed by atoms with Crippen LogP contribution in [0.1, 0.15) is 16.1 Å². The van der Waals surface area contributed by atoms with E-state index in [0.717, 1.165) is 5.69 Å². The molecule has 0 fully saturated rings. The molecule has 2 aromatic rings. The summed E-state index contributed by atoms with van der Waals surface area (Å²) in [5.41, 5.74) is 1.21. The van der Waals surface area contributed by atoms with Crippen molar-refractivity contribution in [3.05, 3.63) is 65.7 Å². The molecule has 17 heavy (non-hydrogen) atoms. The standard InChI is InChI=1S/C13H11FN2O/c14-11-6-4-10(5-7-11)13(17)16-9-12-3-1-2-8-15-12/h1-8H,9H2,(H,16,17). The van der Waals surface area contributed by atoms with E-state index < -0.39 is 0 Å². The maximum Gasteiger partial charge on any atom is 0.251 e. The lowest BCUT2D eigenvalue weighted by atomic mass is 10.2. The third-order valence-corrected chi connectivity index (χ3v) is 2.26. The van der Waals surface area contributed by atoms with Crippen LogP contribution in [0.5, 0.6) is 0 Å². The summed E-state index contributed by atoms with van der Waals surface area (Å²) >= 11 is 0. The Morgan fingerprint density at radius 3 is 2.59 bits per heavy atom. The quantitative estimate of drug-likeness (QED) is 0.877. The zero-order valence-corrected chi connectivity index (χ0v) is 9.06. The molecule has 0 saturated heterocycles. The van der Waals surface area contributed by atoms with Gasteiger partial charge in [0, 0.05) is 11.8 Å². The van der Waals surface area contributed by atoms with Crippen molar-refractivity contribution in [2.24, 2.45) is 0 Å². The van der Waals surface area contributed by atoms with Crippen LogP contribution in [0.15, 0.2) is 48.7 Å². The molecule has 0 atom stereocenters. The number of pyridine rings is 1. The van der Waals surface area contributed by atoms with Crippen molar-refractivity contribution >= 4 is 5.91 Å². The molecule has 3 nitrogen and oxygen atoms in total. The minimum Gasteiger partial charge on any atom is -0.346 e. The maximum atomic E-state index is 12.7. The fourth-order valence-electron chi connectivity index (χ4n) is 1.38. The highest BCUT2D eigenvalue weighted by Gasteiger charge is 2.04. The average molecular weight is 230 g/mol. The van der Waals surface area contributed by atoms with Gasteiger partial charge in [-0.05, 0) is 36.4 Å². The number of nitrogens with zero attached hydrogens (tertiary/aromatic N) is 1. The summed E-state index contributed by atoms with van der Waals surface area (Å²) in [6.45, 7) is 0.358. The van der Waals surface area contributed by atoms with Crippen LogP contribution in [-0.4, -0.2) is 10.9 Å². The first-order valence-electron chi connectivity index (χ1n) is 5.19. The van der Waals surface area contributed by atoms with Crippen LogP contribution in [0.25, 0.3) is 0 Å². The summed E-state index contributed by atoms with van der Waals surface area (Å²) in [4.78, 5) is 15.8. The number of aromatic nitrogens is 1. The predicted molar refractivity (Wildman–Crippen MR) is 61.8 cm³/mol. The molecule has 1 amide bonds. The van der Waals surface area contributed by atoms with Crippen molar-refractivity contribution in [2.45, 2.75) is 6.54 Å². The van der Waals surface area contributed by atoms with Crippen molar-refractivity contribution < 1.29 is 9.18 Å². The molecule has 1 aromatic heterocycles. The van der Waals surface area contributed by atoms with Crippen molar-refractivity contribution in [1.82, 2.24) is 10.3 Å². The minimum atomic E-state index is -0.355. The summed E-state index contributed by atoms with van der Waals surface area (Å²) in [5, 5.41) is 2.71. The molecule has 0 aliphatic carbocycles. The molecule has 0 aliphatic heterocycles. The Hall–Kier alpha value is -2.23. The summed E-state index contributed by atoms with van der Waals surface area (Å²) in [7, 11) is 0. The number of hydrogen-bond donors (Lipinski definition) is 1. The summed E-state index contributed by atoms with van der Waals surface area (Å²) in [6.07, 6.45) is 1.67. The highest BCUT2D eigenvalue weighted by atomic mass is 19.1. The molecule has 0 radical (unpaired) electrons. The van der Waals surface area contributed by atoms with Crippen LogP contribution >= 0.6 is 0 Å². The summed E-state index contributed by atoms with van der Waals surface area (Å²) < 4.78 is 12.7. The Morgan fingerprint density at radius 2 is 1.94 bits per heavy atom. The van der Waals surface area contributed by atoms with Crippen molar-refractivity contribution in [3.63, 3.8) is 0 Å². The number of rotatable bonds is 3. The summed E-state index contributed by atoms with van der Waals surface area (Å²) in [5.74, 6) is -0.595. The van der Waals surface area contributed by atoms with Crippen LogP contribution in [0.3, 0.4) is 0 Å². The van der Waals surface area contributed by atoms with Crippen molar-refractivity contribution in [3.8, 4) is 0 Å². The van der Waals surface area contributed by atoms with Crippen molar-refractivity contribution in [2.75, 3.05) is 0 Å². The van der Waals surface area contributed by atoms with E-state index >= 15 is 0 Å². The SMILES string of the molecule is O=C(NCc1ccccn1)c1ccc(F)cc1. The number of benzene rings is 1. The number of halogens is 1. The van der Waals surface area contributed by atoms with Crippen LogP contribution < -0.4 is 5.32 Å². The first kappa shape index (κ1) is 11.3. The van der Waals surface area contributed by atoms with Gasteiger partial charge in [-0.25, -0.2) is 4.39 Å². The van der Waals surface area contributed by atoms with Gasteiger partial charge in [0.1, 0.15) is 5.82 Å². The van der Waals surface area contributed by atoms with Crippen LogP contribution in [0.2, 0.25) is 0 Å². The van der Waals surface area contributed by atoms with E-state index in [1.165, 1.54) is 24.3 Å².